The molecule has 2 heterocycles. The van der Waals surface area contributed by atoms with Crippen molar-refractivity contribution in [1.82, 2.24) is 19.9 Å². The van der Waals surface area contributed by atoms with Crippen molar-refractivity contribution in [2.24, 2.45) is 0 Å². The van der Waals surface area contributed by atoms with Crippen LogP contribution in [0.3, 0.4) is 0 Å². The van der Waals surface area contributed by atoms with Gasteiger partial charge in [0.1, 0.15) is 0 Å². The van der Waals surface area contributed by atoms with Crippen LogP contribution in [0.5, 0.6) is 0 Å². The monoisotopic (exact) mass is 664 g/mol. The second-order valence-corrected chi connectivity index (χ2v) is 16.5. The number of hydrogen-bond donors (Lipinski definition) is 0. The van der Waals surface area contributed by atoms with E-state index in [4.69, 9.17) is 19.9 Å². The molecule has 0 atom stereocenters. The van der Waals surface area contributed by atoms with Crippen LogP contribution in [-0.2, 0) is 16.2 Å². The normalized spacial score (nSPS) is 13.6. The highest BCUT2D eigenvalue weighted by Crippen LogP contribution is 2.49. The molecular weight excluding hydrogens is 621 g/mol. The third-order valence-electron chi connectivity index (χ3n) is 10.5. The Kier molecular flexibility index (Phi) is 7.57. The van der Waals surface area contributed by atoms with Gasteiger partial charge in [0.05, 0.1) is 5.69 Å². The molecule has 51 heavy (non-hydrogen) atoms. The molecule has 4 heteroatoms. The molecule has 8 rings (SSSR count). The first-order valence-electron chi connectivity index (χ1n) is 17.9. The molecule has 1 aliphatic carbocycles. The summed E-state index contributed by atoms with van der Waals surface area (Å²) in [5.41, 5.74) is 12.7. The fourth-order valence-electron chi connectivity index (χ4n) is 7.45. The zero-order chi connectivity index (χ0) is 35.7. The van der Waals surface area contributed by atoms with Gasteiger partial charge in [-0.05, 0) is 55.7 Å². The van der Waals surface area contributed by atoms with Crippen molar-refractivity contribution in [1.29, 1.82) is 0 Å². The van der Waals surface area contributed by atoms with Crippen LogP contribution in [0.1, 0.15) is 77.6 Å². The molecule has 0 bridgehead atoms. The number of aromatic nitrogens is 4. The van der Waals surface area contributed by atoms with Crippen LogP contribution in [0.2, 0.25) is 0 Å². The Morgan fingerprint density at radius 2 is 0.941 bits per heavy atom. The van der Waals surface area contributed by atoms with E-state index in [9.17, 15) is 0 Å². The first-order valence-corrected chi connectivity index (χ1v) is 17.9. The maximum atomic E-state index is 5.16. The number of fused-ring (bicyclic) bond motifs is 4. The van der Waals surface area contributed by atoms with E-state index in [1.165, 1.54) is 33.4 Å². The van der Waals surface area contributed by atoms with Crippen LogP contribution in [0, 0.1) is 0 Å². The fourth-order valence-corrected chi connectivity index (χ4v) is 7.45. The van der Waals surface area contributed by atoms with Gasteiger partial charge in [-0.25, -0.2) is 15.0 Å². The molecule has 5 aromatic carbocycles. The van der Waals surface area contributed by atoms with Gasteiger partial charge in [0.15, 0.2) is 17.5 Å². The molecule has 0 spiro atoms. The van der Waals surface area contributed by atoms with E-state index in [0.717, 1.165) is 38.7 Å². The fraction of sp³-hybridized carbons (Fsp3) is 0.234. The minimum atomic E-state index is -0.0917. The van der Waals surface area contributed by atoms with Gasteiger partial charge >= 0.3 is 0 Å². The largest absolute Gasteiger partial charge is 0.255 e. The third-order valence-corrected chi connectivity index (χ3v) is 10.5. The van der Waals surface area contributed by atoms with Gasteiger partial charge in [-0.15, -0.1) is 0 Å². The van der Waals surface area contributed by atoms with Crippen molar-refractivity contribution in [3.63, 3.8) is 0 Å². The van der Waals surface area contributed by atoms with E-state index >= 15 is 0 Å². The van der Waals surface area contributed by atoms with Gasteiger partial charge in [-0.3, -0.25) is 4.98 Å². The molecule has 0 saturated heterocycles. The van der Waals surface area contributed by atoms with E-state index < -0.39 is 0 Å². The Morgan fingerprint density at radius 1 is 0.451 bits per heavy atom. The molecule has 0 unspecified atom stereocenters. The SMILES string of the molecule is CC(C)(C)c1ccc(-c2nc(-c3ccc(C(C)(C)C)cc3)nc(-c3cnc(-c4ccc5c(c4)C(C)(C)c4ccccc4-5)c4ccccc34)n2)cc1. The van der Waals surface area contributed by atoms with Crippen molar-refractivity contribution in [3.05, 3.63) is 144 Å². The van der Waals surface area contributed by atoms with Gasteiger partial charge < -0.3 is 0 Å². The highest BCUT2D eigenvalue weighted by molar-refractivity contribution is 6.02. The molecule has 0 fully saturated rings. The lowest BCUT2D eigenvalue weighted by molar-refractivity contribution is 0.590. The number of rotatable bonds is 4. The Bertz CT molecular complexity index is 2370. The Labute approximate surface area is 301 Å². The van der Waals surface area contributed by atoms with Crippen molar-refractivity contribution < 1.29 is 0 Å². The highest BCUT2D eigenvalue weighted by Gasteiger charge is 2.35. The van der Waals surface area contributed by atoms with Gasteiger partial charge in [0, 0.05) is 39.3 Å². The van der Waals surface area contributed by atoms with E-state index in [-0.39, 0.29) is 16.2 Å². The Balaban J connectivity index is 1.28. The van der Waals surface area contributed by atoms with Crippen molar-refractivity contribution in [2.75, 3.05) is 0 Å². The second-order valence-electron chi connectivity index (χ2n) is 16.5. The van der Waals surface area contributed by atoms with Crippen molar-refractivity contribution in [2.45, 2.75) is 71.6 Å². The standard InChI is InChI=1S/C47H44N4/c1-45(2,3)32-22-17-29(18-23-32)42-49-43(30-19-24-33(25-20-30)46(4,5)6)51-44(50-42)38-28-48-41(37-15-10-9-13-34(37)38)31-21-26-36-35-14-11-12-16-39(35)47(7,8)40(36)27-31/h9-28H,1-8H3. The van der Waals surface area contributed by atoms with Crippen molar-refractivity contribution >= 4 is 10.8 Å². The van der Waals surface area contributed by atoms with Crippen molar-refractivity contribution in [3.8, 4) is 56.5 Å². The molecule has 1 aliphatic rings. The summed E-state index contributed by atoms with van der Waals surface area (Å²) in [7, 11) is 0. The molecule has 0 amide bonds. The molecular formula is C47H44N4. The summed E-state index contributed by atoms with van der Waals surface area (Å²) in [6.45, 7) is 18.0. The van der Waals surface area contributed by atoms with Crippen LogP contribution in [0.4, 0.5) is 0 Å². The summed E-state index contributed by atoms with van der Waals surface area (Å²) in [5.74, 6) is 1.89. The average molecular weight is 665 g/mol. The first kappa shape index (κ1) is 32.7. The summed E-state index contributed by atoms with van der Waals surface area (Å²) in [6.07, 6.45) is 1.94. The molecule has 2 aromatic heterocycles. The lowest BCUT2D eigenvalue weighted by Crippen LogP contribution is -2.14. The minimum absolute atomic E-state index is 0.0493. The highest BCUT2D eigenvalue weighted by atomic mass is 15.0. The summed E-state index contributed by atoms with van der Waals surface area (Å²) >= 11 is 0. The van der Waals surface area contributed by atoms with Gasteiger partial charge in [0.25, 0.3) is 0 Å². The quantitative estimate of drug-likeness (QED) is 0.188. The summed E-state index contributed by atoms with van der Waals surface area (Å²) in [6, 6.07) is 41.3. The maximum absolute atomic E-state index is 5.16. The summed E-state index contributed by atoms with van der Waals surface area (Å²) in [4.78, 5) is 20.5. The molecule has 0 aliphatic heterocycles. The Morgan fingerprint density at radius 3 is 1.53 bits per heavy atom. The predicted molar refractivity (Wildman–Crippen MR) is 212 cm³/mol. The number of nitrogens with zero attached hydrogens (tertiary/aromatic N) is 4. The molecule has 7 aromatic rings. The topological polar surface area (TPSA) is 51.6 Å². The number of hydrogen-bond acceptors (Lipinski definition) is 4. The smallest absolute Gasteiger partial charge is 0.166 e. The van der Waals surface area contributed by atoms with Crippen LogP contribution in [-0.4, -0.2) is 19.9 Å². The van der Waals surface area contributed by atoms with Gasteiger partial charge in [-0.2, -0.15) is 0 Å². The van der Waals surface area contributed by atoms with E-state index in [0.29, 0.717) is 17.5 Å². The first-order chi connectivity index (χ1) is 24.3. The zero-order valence-corrected chi connectivity index (χ0v) is 30.8. The molecule has 0 saturated carbocycles. The Hall–Kier alpha value is -5.48. The minimum Gasteiger partial charge on any atom is -0.255 e. The predicted octanol–water partition coefficient (Wildman–Crippen LogP) is 12.0. The zero-order valence-electron chi connectivity index (χ0n) is 30.8. The van der Waals surface area contributed by atoms with Gasteiger partial charge in [-0.1, -0.05) is 165 Å². The van der Waals surface area contributed by atoms with Crippen LogP contribution in [0.25, 0.3) is 67.3 Å². The lowest BCUT2D eigenvalue weighted by Gasteiger charge is -2.22. The van der Waals surface area contributed by atoms with E-state index in [2.05, 4.69) is 171 Å². The maximum Gasteiger partial charge on any atom is 0.166 e. The van der Waals surface area contributed by atoms with E-state index in [1.807, 2.05) is 6.20 Å². The average Bonchev–Trinajstić information content (AvgIpc) is 3.36. The molecule has 252 valence electrons. The van der Waals surface area contributed by atoms with Crippen LogP contribution >= 0.6 is 0 Å². The lowest BCUT2D eigenvalue weighted by atomic mass is 9.81. The third kappa shape index (κ3) is 5.73. The molecule has 0 N–H and O–H groups in total. The molecule has 4 nitrogen and oxygen atoms in total. The number of benzene rings is 5. The summed E-state index contributed by atoms with van der Waals surface area (Å²) < 4.78 is 0. The molecule has 0 radical (unpaired) electrons. The summed E-state index contributed by atoms with van der Waals surface area (Å²) in [5, 5.41) is 2.12. The van der Waals surface area contributed by atoms with Crippen LogP contribution < -0.4 is 0 Å². The van der Waals surface area contributed by atoms with Gasteiger partial charge in [0.2, 0.25) is 0 Å². The second kappa shape index (κ2) is 11.8. The van der Waals surface area contributed by atoms with Crippen LogP contribution in [0.15, 0.2) is 121 Å². The van der Waals surface area contributed by atoms with E-state index in [1.54, 1.807) is 0 Å². The number of pyridine rings is 1.